The van der Waals surface area contributed by atoms with Gasteiger partial charge in [0.25, 0.3) is 0 Å². The van der Waals surface area contributed by atoms with Crippen molar-refractivity contribution in [2.75, 3.05) is 13.2 Å². The fraction of sp³-hybridized carbons (Fsp3) is 0.862. The quantitative estimate of drug-likeness (QED) is 0.0261. The predicted molar refractivity (Wildman–Crippen MR) is 313 cm³/mol. The zero-order valence-electron chi connectivity index (χ0n) is 48.4. The molecule has 0 bridgehead atoms. The van der Waals surface area contributed by atoms with E-state index in [1.807, 2.05) is 6.08 Å². The molecular weight excluding hydrogens is 923 g/mol. The van der Waals surface area contributed by atoms with Crippen LogP contribution in [0.5, 0.6) is 0 Å². The molecule has 0 saturated carbocycles. The first-order valence-corrected chi connectivity index (χ1v) is 31.9. The predicted octanol–water partition coefficient (Wildman–Crippen LogP) is 16.5. The van der Waals surface area contributed by atoms with Crippen molar-refractivity contribution in [3.05, 3.63) is 48.6 Å². The monoisotopic (exact) mass is 1040 g/mol. The molecule has 1 fully saturated rings. The van der Waals surface area contributed by atoms with E-state index in [4.69, 9.17) is 9.47 Å². The largest absolute Gasteiger partial charge is 0.394 e. The molecule has 0 radical (unpaired) electrons. The van der Waals surface area contributed by atoms with Crippen LogP contribution in [0.4, 0.5) is 0 Å². The lowest BCUT2D eigenvalue weighted by atomic mass is 9.99. The molecule has 0 aromatic rings. The van der Waals surface area contributed by atoms with Crippen LogP contribution in [0.15, 0.2) is 48.6 Å². The van der Waals surface area contributed by atoms with Crippen molar-refractivity contribution in [2.24, 2.45) is 0 Å². The van der Waals surface area contributed by atoms with E-state index < -0.39 is 49.5 Å². The summed E-state index contributed by atoms with van der Waals surface area (Å²) >= 11 is 0. The van der Waals surface area contributed by atoms with Crippen molar-refractivity contribution in [1.82, 2.24) is 5.32 Å². The number of aliphatic hydroxyl groups excluding tert-OH is 5. The first-order chi connectivity index (χ1) is 36.3. The van der Waals surface area contributed by atoms with Crippen molar-refractivity contribution in [2.45, 2.75) is 346 Å². The van der Waals surface area contributed by atoms with Gasteiger partial charge in [-0.15, -0.1) is 0 Å². The lowest BCUT2D eigenvalue weighted by Gasteiger charge is -2.40. The Morgan fingerprint density at radius 2 is 0.811 bits per heavy atom. The van der Waals surface area contributed by atoms with E-state index in [1.54, 1.807) is 6.08 Å². The van der Waals surface area contributed by atoms with Gasteiger partial charge in [0.05, 0.1) is 25.4 Å². The molecule has 1 saturated heterocycles. The number of amides is 1. The number of nitrogens with one attached hydrogen (secondary N) is 1. The number of aliphatic hydroxyl groups is 5. The third-order valence-electron chi connectivity index (χ3n) is 15.1. The SMILES string of the molecule is CCCCCCC/C=C\C/C=C\CCCCCCCCCCCCCCCCCCCCCC(=O)NC(COC1OC(CO)C(O)C(O)C1O)C(O)/C=C/CC/C=C/CCCCCCCCCCCCCCCC. The van der Waals surface area contributed by atoms with Gasteiger partial charge in [0.1, 0.15) is 24.4 Å². The molecule has 9 nitrogen and oxygen atoms in total. The number of unbranched alkanes of at least 4 members (excludes halogenated alkanes) is 39. The van der Waals surface area contributed by atoms with Crippen LogP contribution in [-0.2, 0) is 14.3 Å². The Labute approximate surface area is 456 Å². The summed E-state index contributed by atoms with van der Waals surface area (Å²) in [6.45, 7) is 3.79. The van der Waals surface area contributed by atoms with Gasteiger partial charge in [-0.2, -0.15) is 0 Å². The van der Waals surface area contributed by atoms with Gasteiger partial charge in [-0.05, 0) is 64.2 Å². The Morgan fingerprint density at radius 1 is 0.459 bits per heavy atom. The van der Waals surface area contributed by atoms with E-state index in [0.717, 1.165) is 44.9 Å². The molecule has 1 aliphatic heterocycles. The number of rotatable bonds is 55. The molecular formula is C65H121NO8. The van der Waals surface area contributed by atoms with Gasteiger partial charge < -0.3 is 40.3 Å². The highest BCUT2D eigenvalue weighted by molar-refractivity contribution is 5.76. The van der Waals surface area contributed by atoms with Gasteiger partial charge in [0.15, 0.2) is 6.29 Å². The molecule has 7 unspecified atom stereocenters. The zero-order valence-corrected chi connectivity index (χ0v) is 48.4. The number of carbonyl (C=O) groups is 1. The molecule has 6 N–H and O–H groups in total. The van der Waals surface area contributed by atoms with Crippen LogP contribution < -0.4 is 5.32 Å². The van der Waals surface area contributed by atoms with E-state index in [2.05, 4.69) is 55.6 Å². The number of hydrogen-bond acceptors (Lipinski definition) is 8. The van der Waals surface area contributed by atoms with Crippen molar-refractivity contribution in [1.29, 1.82) is 0 Å². The molecule has 0 aliphatic carbocycles. The van der Waals surface area contributed by atoms with Gasteiger partial charge >= 0.3 is 0 Å². The Hall–Kier alpha value is -1.85. The maximum Gasteiger partial charge on any atom is 0.220 e. The molecule has 1 aliphatic rings. The smallest absolute Gasteiger partial charge is 0.220 e. The second kappa shape index (κ2) is 54.5. The summed E-state index contributed by atoms with van der Waals surface area (Å²) in [5, 5.41) is 54.6. The highest BCUT2D eigenvalue weighted by Gasteiger charge is 2.44. The molecule has 0 spiro atoms. The van der Waals surface area contributed by atoms with E-state index in [9.17, 15) is 30.3 Å². The first kappa shape index (κ1) is 70.2. The summed E-state index contributed by atoms with van der Waals surface area (Å²) in [6, 6.07) is -0.822. The first-order valence-electron chi connectivity index (χ1n) is 31.9. The number of allylic oxidation sites excluding steroid dienone is 7. The minimum atomic E-state index is -1.57. The number of ether oxygens (including phenoxy) is 2. The van der Waals surface area contributed by atoms with Crippen molar-refractivity contribution in [3.8, 4) is 0 Å². The molecule has 1 rings (SSSR count). The van der Waals surface area contributed by atoms with Gasteiger partial charge in [-0.3, -0.25) is 4.79 Å². The topological polar surface area (TPSA) is 149 Å². The average Bonchev–Trinajstić information content (AvgIpc) is 3.40. The minimum absolute atomic E-state index is 0.182. The summed E-state index contributed by atoms with van der Waals surface area (Å²) in [5.74, 6) is -0.182. The second-order valence-electron chi connectivity index (χ2n) is 22.2. The summed E-state index contributed by atoms with van der Waals surface area (Å²) in [6.07, 6.45) is 66.3. The third kappa shape index (κ3) is 43.2. The number of carbonyl (C=O) groups excluding carboxylic acids is 1. The summed E-state index contributed by atoms with van der Waals surface area (Å²) in [5.41, 5.74) is 0. The Balaban J connectivity index is 2.16. The van der Waals surface area contributed by atoms with Crippen molar-refractivity contribution >= 4 is 5.91 Å². The fourth-order valence-electron chi connectivity index (χ4n) is 10.1. The van der Waals surface area contributed by atoms with Crippen LogP contribution >= 0.6 is 0 Å². The molecule has 74 heavy (non-hydrogen) atoms. The summed E-state index contributed by atoms with van der Waals surface area (Å²) in [4.78, 5) is 13.1. The van der Waals surface area contributed by atoms with Crippen LogP contribution in [0.2, 0.25) is 0 Å². The Morgan fingerprint density at radius 3 is 1.22 bits per heavy atom. The van der Waals surface area contributed by atoms with Crippen molar-refractivity contribution < 1.29 is 39.8 Å². The lowest BCUT2D eigenvalue weighted by molar-refractivity contribution is -0.302. The summed E-state index contributed by atoms with van der Waals surface area (Å²) in [7, 11) is 0. The van der Waals surface area contributed by atoms with Gasteiger partial charge in [0, 0.05) is 6.42 Å². The van der Waals surface area contributed by atoms with Gasteiger partial charge in [-0.1, -0.05) is 281 Å². The Bertz CT molecular complexity index is 1300. The van der Waals surface area contributed by atoms with E-state index in [0.29, 0.717) is 6.42 Å². The average molecular weight is 1040 g/mol. The van der Waals surface area contributed by atoms with Gasteiger partial charge in [-0.25, -0.2) is 0 Å². The van der Waals surface area contributed by atoms with Crippen LogP contribution in [0.3, 0.4) is 0 Å². The highest BCUT2D eigenvalue weighted by Crippen LogP contribution is 2.23. The molecule has 0 aromatic heterocycles. The normalized spacial score (nSPS) is 19.3. The standard InChI is InChI=1S/C65H121NO8/c1-3-5-7-9-11-13-15-17-19-21-23-25-26-27-28-29-30-31-32-33-34-35-37-39-41-43-45-47-49-51-53-55-61(69)66-58(57-73-65-64(72)63(71)62(70)60(56-67)74-65)59(68)54-52-50-48-46-44-42-40-38-36-24-22-20-18-16-14-12-10-8-6-4-2/h15,17,21,23,44,46,52,54,58-60,62-65,67-68,70-72H,3-14,16,18-20,22,24-43,45,47-51,53,55-57H2,1-2H3,(H,66,69)/b17-15-,23-21-,46-44+,54-52+. The van der Waals surface area contributed by atoms with E-state index in [1.165, 1.54) is 238 Å². The lowest BCUT2D eigenvalue weighted by Crippen LogP contribution is -2.60. The number of hydrogen-bond donors (Lipinski definition) is 6. The maximum atomic E-state index is 13.1. The Kier molecular flexibility index (Phi) is 51.7. The van der Waals surface area contributed by atoms with Gasteiger partial charge in [0.2, 0.25) is 5.91 Å². The van der Waals surface area contributed by atoms with Crippen LogP contribution in [0.25, 0.3) is 0 Å². The molecule has 1 amide bonds. The minimum Gasteiger partial charge on any atom is -0.394 e. The fourth-order valence-corrected chi connectivity index (χ4v) is 10.1. The maximum absolute atomic E-state index is 13.1. The van der Waals surface area contributed by atoms with Crippen molar-refractivity contribution in [3.63, 3.8) is 0 Å². The van der Waals surface area contributed by atoms with E-state index in [-0.39, 0.29) is 12.5 Å². The summed E-state index contributed by atoms with van der Waals surface area (Å²) < 4.78 is 11.3. The highest BCUT2D eigenvalue weighted by atomic mass is 16.7. The third-order valence-corrected chi connectivity index (χ3v) is 15.1. The molecule has 1 heterocycles. The second-order valence-corrected chi connectivity index (χ2v) is 22.2. The van der Waals surface area contributed by atoms with Crippen LogP contribution in [-0.4, -0.2) is 87.5 Å². The van der Waals surface area contributed by atoms with Crippen LogP contribution in [0.1, 0.15) is 303 Å². The molecule has 9 heteroatoms. The molecule has 7 atom stereocenters. The zero-order chi connectivity index (χ0) is 53.6. The molecule has 0 aromatic carbocycles. The molecule has 434 valence electrons. The van der Waals surface area contributed by atoms with E-state index >= 15 is 0 Å². The van der Waals surface area contributed by atoms with Crippen LogP contribution in [0, 0.1) is 0 Å².